The first-order chi connectivity index (χ1) is 15.9. The quantitative estimate of drug-likeness (QED) is 0.471. The topological polar surface area (TPSA) is 111 Å². The van der Waals surface area contributed by atoms with Gasteiger partial charge in [0.1, 0.15) is 10.9 Å². The number of thioether (sulfide) groups is 1. The summed E-state index contributed by atoms with van der Waals surface area (Å²) in [7, 11) is 0. The van der Waals surface area contributed by atoms with Crippen molar-refractivity contribution in [2.75, 3.05) is 12.5 Å². The molecular weight excluding hydrogens is 468 g/mol. The zero-order chi connectivity index (χ0) is 23.5. The molecule has 33 heavy (non-hydrogen) atoms. The summed E-state index contributed by atoms with van der Waals surface area (Å²) in [4.78, 5) is 28.4. The Morgan fingerprint density at radius 2 is 2.00 bits per heavy atom. The second-order valence-corrected chi connectivity index (χ2v) is 9.91. The van der Waals surface area contributed by atoms with Crippen LogP contribution >= 0.6 is 23.4 Å². The summed E-state index contributed by atoms with van der Waals surface area (Å²) in [6.07, 6.45) is 4.62. The molecule has 2 atom stereocenters. The summed E-state index contributed by atoms with van der Waals surface area (Å²) < 4.78 is 12.5. The minimum Gasteiger partial charge on any atom is -0.481 e. The van der Waals surface area contributed by atoms with E-state index < -0.39 is 11.9 Å². The van der Waals surface area contributed by atoms with Gasteiger partial charge in [-0.15, -0.1) is 11.8 Å². The van der Waals surface area contributed by atoms with Gasteiger partial charge in [-0.05, 0) is 43.2 Å². The van der Waals surface area contributed by atoms with Gasteiger partial charge in [0.2, 0.25) is 6.79 Å². The van der Waals surface area contributed by atoms with Crippen molar-refractivity contribution in [3.8, 4) is 11.5 Å². The number of carboxylic acids is 2. The van der Waals surface area contributed by atoms with Gasteiger partial charge in [0, 0.05) is 23.3 Å². The van der Waals surface area contributed by atoms with E-state index in [0.717, 1.165) is 24.8 Å². The normalized spacial score (nSPS) is 19.6. The van der Waals surface area contributed by atoms with Crippen LogP contribution in [0.5, 0.6) is 11.5 Å². The predicted molar refractivity (Wildman–Crippen MR) is 124 cm³/mol. The zero-order valence-corrected chi connectivity index (χ0v) is 20.0. The molecule has 0 amide bonds. The summed E-state index contributed by atoms with van der Waals surface area (Å²) in [6, 6.07) is 3.47. The van der Waals surface area contributed by atoms with E-state index in [1.807, 2.05) is 6.92 Å². The fraction of sp³-hybridized carbons (Fsp3) is 0.522. The van der Waals surface area contributed by atoms with Crippen LogP contribution in [-0.2, 0) is 17.8 Å². The number of hydrogen-bond acceptors (Lipinski definition) is 6. The Morgan fingerprint density at radius 3 is 2.70 bits per heavy atom. The molecule has 1 fully saturated rings. The van der Waals surface area contributed by atoms with E-state index in [0.29, 0.717) is 52.4 Å². The number of halogens is 1. The van der Waals surface area contributed by atoms with Crippen LogP contribution in [0.3, 0.4) is 0 Å². The Morgan fingerprint density at radius 1 is 1.24 bits per heavy atom. The van der Waals surface area contributed by atoms with Crippen LogP contribution in [0.25, 0.3) is 0 Å². The Labute approximate surface area is 201 Å². The van der Waals surface area contributed by atoms with Crippen LogP contribution < -0.4 is 9.47 Å². The third-order valence-corrected chi connectivity index (χ3v) is 7.70. The number of aryl methyl sites for hydroxylation is 1. The molecule has 178 valence electrons. The van der Waals surface area contributed by atoms with Gasteiger partial charge in [-0.25, -0.2) is 9.78 Å². The van der Waals surface area contributed by atoms with Crippen LogP contribution in [0.15, 0.2) is 17.2 Å². The predicted octanol–water partition coefficient (Wildman–Crippen LogP) is 4.95. The highest BCUT2D eigenvalue weighted by Gasteiger charge is 2.29. The Balaban J connectivity index is 1.59. The van der Waals surface area contributed by atoms with Crippen LogP contribution in [-0.4, -0.2) is 44.2 Å². The molecule has 1 saturated carbocycles. The molecule has 0 saturated heterocycles. The maximum atomic E-state index is 12.3. The van der Waals surface area contributed by atoms with Crippen molar-refractivity contribution < 1.29 is 29.3 Å². The number of aromatic nitrogens is 2. The third kappa shape index (κ3) is 5.24. The van der Waals surface area contributed by atoms with Crippen molar-refractivity contribution in [1.82, 2.24) is 9.55 Å². The SMILES string of the molecule is CCCc1nc(SCC2CCCC(C(=O)O)C2)c(C(=O)O)n1Cc1cc2c(cc1Cl)OCO2. The molecule has 2 aliphatic rings. The minimum absolute atomic E-state index is 0.131. The minimum atomic E-state index is -1.05. The molecule has 1 aromatic heterocycles. The van der Waals surface area contributed by atoms with Gasteiger partial charge in [-0.2, -0.15) is 0 Å². The van der Waals surface area contributed by atoms with Crippen LogP contribution in [0.4, 0.5) is 0 Å². The number of aromatic carboxylic acids is 1. The lowest BCUT2D eigenvalue weighted by Gasteiger charge is -2.26. The molecular formula is C23H27ClN2O6S. The smallest absolute Gasteiger partial charge is 0.355 e. The molecule has 0 radical (unpaired) electrons. The van der Waals surface area contributed by atoms with Crippen molar-refractivity contribution in [1.29, 1.82) is 0 Å². The molecule has 8 nitrogen and oxygen atoms in total. The Kier molecular flexibility index (Phi) is 7.38. The number of fused-ring (bicyclic) bond motifs is 1. The van der Waals surface area contributed by atoms with E-state index in [2.05, 4.69) is 4.98 Å². The average molecular weight is 495 g/mol. The number of rotatable bonds is 9. The molecule has 2 aromatic rings. The van der Waals surface area contributed by atoms with Gasteiger partial charge in [0.25, 0.3) is 0 Å². The van der Waals surface area contributed by atoms with Gasteiger partial charge >= 0.3 is 11.9 Å². The van der Waals surface area contributed by atoms with Crippen LogP contribution in [0.2, 0.25) is 5.02 Å². The summed E-state index contributed by atoms with van der Waals surface area (Å²) in [6.45, 7) is 2.41. The van der Waals surface area contributed by atoms with Crippen molar-refractivity contribution in [2.24, 2.45) is 11.8 Å². The van der Waals surface area contributed by atoms with Crippen LogP contribution in [0, 0.1) is 11.8 Å². The lowest BCUT2D eigenvalue weighted by atomic mass is 9.82. The van der Waals surface area contributed by atoms with E-state index in [9.17, 15) is 19.8 Å². The third-order valence-electron chi connectivity index (χ3n) is 6.15. The molecule has 1 aliphatic heterocycles. The van der Waals surface area contributed by atoms with E-state index in [-0.39, 0.29) is 30.9 Å². The molecule has 1 aromatic carbocycles. The highest BCUT2D eigenvalue weighted by Crippen LogP contribution is 2.38. The molecule has 0 bridgehead atoms. The molecule has 2 heterocycles. The van der Waals surface area contributed by atoms with Gasteiger partial charge in [0.05, 0.1) is 12.5 Å². The first-order valence-electron chi connectivity index (χ1n) is 11.1. The fourth-order valence-corrected chi connectivity index (χ4v) is 5.90. The van der Waals surface area contributed by atoms with Gasteiger partial charge in [-0.1, -0.05) is 24.9 Å². The monoisotopic (exact) mass is 494 g/mol. The lowest BCUT2D eigenvalue weighted by Crippen LogP contribution is -2.23. The van der Waals surface area contributed by atoms with Crippen molar-refractivity contribution in [2.45, 2.75) is 57.0 Å². The van der Waals surface area contributed by atoms with Gasteiger partial charge in [0.15, 0.2) is 17.2 Å². The second-order valence-electron chi connectivity index (χ2n) is 8.50. The molecule has 0 spiro atoms. The average Bonchev–Trinajstić information content (AvgIpc) is 3.37. The van der Waals surface area contributed by atoms with Crippen LogP contribution in [0.1, 0.15) is 60.9 Å². The number of hydrogen-bond donors (Lipinski definition) is 2. The maximum Gasteiger partial charge on any atom is 0.355 e. The summed E-state index contributed by atoms with van der Waals surface area (Å²) >= 11 is 7.87. The molecule has 1 aliphatic carbocycles. The Hall–Kier alpha value is -2.39. The molecule has 2 N–H and O–H groups in total. The maximum absolute atomic E-state index is 12.3. The van der Waals surface area contributed by atoms with Crippen molar-refractivity contribution >= 4 is 35.3 Å². The standard InChI is InChI=1S/C23H27ClN2O6S/c1-2-4-19-25-21(33-11-13-5-3-6-14(7-13)22(27)28)20(23(29)30)26(19)10-15-8-17-18(9-16(15)24)32-12-31-17/h8-9,13-14H,2-7,10-12H2,1H3,(H,27,28)(H,29,30). The Bertz CT molecular complexity index is 1060. The van der Waals surface area contributed by atoms with E-state index in [1.54, 1.807) is 16.7 Å². The summed E-state index contributed by atoms with van der Waals surface area (Å²) in [5.41, 5.74) is 0.870. The zero-order valence-electron chi connectivity index (χ0n) is 18.4. The van der Waals surface area contributed by atoms with E-state index >= 15 is 0 Å². The van der Waals surface area contributed by atoms with Crippen molar-refractivity contribution in [3.63, 3.8) is 0 Å². The number of ether oxygens (including phenoxy) is 2. The largest absolute Gasteiger partial charge is 0.481 e. The number of carboxylic acid groups (broad SMARTS) is 2. The number of aliphatic carboxylic acids is 1. The first-order valence-corrected chi connectivity index (χ1v) is 12.5. The highest BCUT2D eigenvalue weighted by atomic mass is 35.5. The second kappa shape index (κ2) is 10.3. The molecule has 10 heteroatoms. The number of benzene rings is 1. The highest BCUT2D eigenvalue weighted by molar-refractivity contribution is 7.99. The van der Waals surface area contributed by atoms with E-state index in [1.165, 1.54) is 11.8 Å². The summed E-state index contributed by atoms with van der Waals surface area (Å²) in [5.74, 6) is 0.630. The lowest BCUT2D eigenvalue weighted by molar-refractivity contribution is -0.143. The van der Waals surface area contributed by atoms with Gasteiger partial charge < -0.3 is 24.3 Å². The number of carbonyl (C=O) groups is 2. The van der Waals surface area contributed by atoms with Gasteiger partial charge in [-0.3, -0.25) is 4.79 Å². The van der Waals surface area contributed by atoms with Crippen molar-refractivity contribution in [3.05, 3.63) is 34.2 Å². The summed E-state index contributed by atoms with van der Waals surface area (Å²) in [5, 5.41) is 20.3. The van der Waals surface area contributed by atoms with E-state index in [4.69, 9.17) is 21.1 Å². The first kappa shape index (κ1) is 23.8. The number of nitrogens with zero attached hydrogens (tertiary/aromatic N) is 2. The fourth-order valence-electron chi connectivity index (χ4n) is 4.48. The number of imidazole rings is 1. The molecule has 4 rings (SSSR count). The molecule has 2 unspecified atom stereocenters.